The van der Waals surface area contributed by atoms with Gasteiger partial charge < -0.3 is 34.3 Å². The number of benzene rings is 13. The number of aliphatic hydroxyl groups excluding tert-OH is 3. The third-order valence-corrected chi connectivity index (χ3v) is 21.8. The number of nitrogens with one attached hydrogen (secondary N) is 4. The molecule has 1 heterocycles. The van der Waals surface area contributed by atoms with Crippen molar-refractivity contribution in [2.75, 3.05) is 13.7 Å². The maximum absolute atomic E-state index is 14.2. The number of methoxy groups -OCH3 is 1. The number of hydrogen-bond acceptors (Lipinski definition) is 11. The molecule has 15 rings (SSSR count). The predicted octanol–water partition coefficient (Wildman–Crippen LogP) is 15.6. The zero-order valence-corrected chi connectivity index (χ0v) is 59.8. The van der Waals surface area contributed by atoms with Gasteiger partial charge in [-0.25, -0.2) is 0 Å². The van der Waals surface area contributed by atoms with Crippen LogP contribution in [0.4, 0.5) is 0 Å². The summed E-state index contributed by atoms with van der Waals surface area (Å²) in [7, 11) is 1.65. The smallest absolute Gasteiger partial charge is 0.176 e. The standard InChI is InChI=1S/C96H90N4O7/c1-104-82-64-62-69(63-65-82)68-105-91-86(100-96(79-56-32-11-33-57-79,80-58-34-12-35-59-80)81-60-36-13-37-61-81)92(106-85(88(91)102)67-97-93(70-38-14-2-15-39-70,71-40-16-3-17-41-71)72-42-18-4-19-43-72)107-90-84(99-95(76-50-26-8-27-51-76,77-52-28-9-29-53-77)78-54-30-10-31-55-78)66-83(87(101)89(90)103)98-94(73-44-20-5-21-45-73,74-46-22-6-23-47-74)75-48-24-7-25-49-75/h2-65,83-92,97-103H,66-68H2,1H3/t83-,84?,85?,86?,87?,88-,89-,90-,91+,92-/m1/s1. The molecular formula is C96H90N4O7. The average molecular weight is 1410 g/mol. The van der Waals surface area contributed by atoms with Gasteiger partial charge in [-0.2, -0.15) is 0 Å². The molecule has 13 aromatic rings. The van der Waals surface area contributed by atoms with Crippen LogP contribution in [0.3, 0.4) is 0 Å². The molecule has 0 amide bonds. The van der Waals surface area contributed by atoms with E-state index in [0.29, 0.717) is 5.75 Å². The second-order valence-corrected chi connectivity index (χ2v) is 27.9. The fourth-order valence-corrected chi connectivity index (χ4v) is 16.7. The monoisotopic (exact) mass is 1410 g/mol. The van der Waals surface area contributed by atoms with E-state index in [0.717, 1.165) is 72.3 Å². The first-order chi connectivity index (χ1) is 52.7. The molecule has 0 spiro atoms. The summed E-state index contributed by atoms with van der Waals surface area (Å²) in [5, 5.41) is 59.0. The Labute approximate surface area is 628 Å². The van der Waals surface area contributed by atoms with E-state index < -0.39 is 83.2 Å². The highest BCUT2D eigenvalue weighted by molar-refractivity contribution is 5.55. The van der Waals surface area contributed by atoms with Crippen LogP contribution in [0.5, 0.6) is 5.75 Å². The van der Waals surface area contributed by atoms with E-state index in [4.69, 9.17) is 18.9 Å². The molecule has 1 aliphatic heterocycles. The molecule has 0 aromatic heterocycles. The van der Waals surface area contributed by atoms with Gasteiger partial charge in [0.15, 0.2) is 6.29 Å². The minimum Gasteiger partial charge on any atom is -0.497 e. The number of aliphatic hydroxyl groups is 3. The molecule has 2 aliphatic rings. The van der Waals surface area contributed by atoms with Gasteiger partial charge in [0.25, 0.3) is 0 Å². The van der Waals surface area contributed by atoms with Crippen LogP contribution in [0.25, 0.3) is 0 Å². The van der Waals surface area contributed by atoms with E-state index in [-0.39, 0.29) is 19.6 Å². The fraction of sp³-hybridized carbons (Fsp3) is 0.188. The van der Waals surface area contributed by atoms with Gasteiger partial charge in [-0.1, -0.05) is 376 Å². The third kappa shape index (κ3) is 14.5. The summed E-state index contributed by atoms with van der Waals surface area (Å²) in [5.41, 5.74) is 7.54. The highest BCUT2D eigenvalue weighted by Gasteiger charge is 2.57. The van der Waals surface area contributed by atoms with Crippen LogP contribution < -0.4 is 26.0 Å². The normalized spacial score (nSPS) is 20.6. The Morgan fingerprint density at radius 1 is 0.318 bits per heavy atom. The molecule has 1 saturated heterocycles. The molecule has 1 aliphatic carbocycles. The zero-order chi connectivity index (χ0) is 72.9. The maximum atomic E-state index is 14.2. The molecule has 13 aromatic carbocycles. The topological polar surface area (TPSA) is 146 Å². The first kappa shape index (κ1) is 71.9. The predicted molar refractivity (Wildman–Crippen MR) is 423 cm³/mol. The molecule has 1 saturated carbocycles. The summed E-state index contributed by atoms with van der Waals surface area (Å²) in [6.07, 6.45) is -9.29. The Bertz CT molecular complexity index is 4460. The van der Waals surface area contributed by atoms with Crippen molar-refractivity contribution in [3.63, 3.8) is 0 Å². The first-order valence-corrected chi connectivity index (χ1v) is 37.1. The molecule has 4 unspecified atom stereocenters. The molecule has 10 atom stereocenters. The van der Waals surface area contributed by atoms with Crippen LogP contribution in [-0.2, 0) is 43.0 Å². The summed E-state index contributed by atoms with van der Waals surface area (Å²) in [6.45, 7) is 0.0923. The van der Waals surface area contributed by atoms with Crippen molar-refractivity contribution >= 4 is 0 Å². The van der Waals surface area contributed by atoms with Crippen LogP contribution in [0.2, 0.25) is 0 Å². The van der Waals surface area contributed by atoms with Gasteiger partial charge in [-0.05, 0) is 90.9 Å². The van der Waals surface area contributed by atoms with Crippen LogP contribution in [0, 0.1) is 0 Å². The second kappa shape index (κ2) is 33.0. The Morgan fingerprint density at radius 2 is 0.598 bits per heavy atom. The lowest BCUT2D eigenvalue weighted by atomic mass is 9.72. The van der Waals surface area contributed by atoms with Crippen molar-refractivity contribution in [2.24, 2.45) is 0 Å². The summed E-state index contributed by atoms with van der Waals surface area (Å²) in [6, 6.07) is 129. The van der Waals surface area contributed by atoms with E-state index in [1.54, 1.807) is 7.11 Å². The van der Waals surface area contributed by atoms with Crippen LogP contribution in [0.1, 0.15) is 78.7 Å². The summed E-state index contributed by atoms with van der Waals surface area (Å²) in [4.78, 5) is 0. The highest BCUT2D eigenvalue weighted by atomic mass is 16.7. The van der Waals surface area contributed by atoms with Crippen molar-refractivity contribution in [2.45, 2.75) is 96.2 Å². The molecule has 2 fully saturated rings. The molecule has 0 bridgehead atoms. The molecule has 11 nitrogen and oxygen atoms in total. The fourth-order valence-electron chi connectivity index (χ4n) is 16.7. The number of ether oxygens (including phenoxy) is 4. The Balaban J connectivity index is 0.948. The van der Waals surface area contributed by atoms with Crippen molar-refractivity contribution in [1.82, 2.24) is 21.3 Å². The van der Waals surface area contributed by atoms with Gasteiger partial charge >= 0.3 is 0 Å². The van der Waals surface area contributed by atoms with E-state index in [9.17, 15) is 15.3 Å². The molecule has 107 heavy (non-hydrogen) atoms. The SMILES string of the molecule is COc1ccc(CO[C@H]2C(NC(c3ccccc3)(c3ccccc3)c3ccccc3)[C@@H](O[C@@H]3C(NC(c4ccccc4)(c4ccccc4)c4ccccc4)C[C@@H](NC(c4ccccc4)(c4ccccc4)c4ccccc4)C(O)[C@H]3O)OC(CNC(c3ccccc3)(c3ccccc3)c3ccccc3)[C@H]2O)cc1. The van der Waals surface area contributed by atoms with E-state index in [1.807, 2.05) is 206 Å². The first-order valence-electron chi connectivity index (χ1n) is 37.1. The van der Waals surface area contributed by atoms with Gasteiger partial charge in [-0.15, -0.1) is 0 Å². The van der Waals surface area contributed by atoms with E-state index >= 15 is 0 Å². The minimum atomic E-state index is -1.64. The quantitative estimate of drug-likeness (QED) is 0.0247. The molecule has 0 radical (unpaired) electrons. The van der Waals surface area contributed by atoms with Crippen molar-refractivity contribution in [3.8, 4) is 5.75 Å². The Kier molecular flexibility index (Phi) is 22.1. The van der Waals surface area contributed by atoms with E-state index in [1.165, 1.54) is 0 Å². The maximum Gasteiger partial charge on any atom is 0.176 e. The number of rotatable bonds is 27. The largest absolute Gasteiger partial charge is 0.497 e. The molecule has 7 N–H and O–H groups in total. The molecule has 11 heteroatoms. The minimum absolute atomic E-state index is 0.0409. The van der Waals surface area contributed by atoms with Gasteiger partial charge in [0.2, 0.25) is 0 Å². The Morgan fingerprint density at radius 3 is 0.897 bits per heavy atom. The van der Waals surface area contributed by atoms with Crippen LogP contribution in [-0.4, -0.2) is 90.0 Å². The van der Waals surface area contributed by atoms with Crippen LogP contribution >= 0.6 is 0 Å². The van der Waals surface area contributed by atoms with Crippen molar-refractivity contribution in [1.29, 1.82) is 0 Å². The molecular weight excluding hydrogens is 1320 g/mol. The average Bonchev–Trinajstić information content (AvgIpc) is 0.748. The van der Waals surface area contributed by atoms with Crippen molar-refractivity contribution < 1.29 is 34.3 Å². The highest BCUT2D eigenvalue weighted by Crippen LogP contribution is 2.46. The lowest BCUT2D eigenvalue weighted by molar-refractivity contribution is -0.303. The summed E-state index contributed by atoms with van der Waals surface area (Å²) in [5.74, 6) is 0.687. The van der Waals surface area contributed by atoms with E-state index in [2.05, 4.69) is 203 Å². The number of hydrogen-bond donors (Lipinski definition) is 7. The van der Waals surface area contributed by atoms with Gasteiger partial charge in [-0.3, -0.25) is 21.3 Å². The zero-order valence-electron chi connectivity index (χ0n) is 59.8. The van der Waals surface area contributed by atoms with Gasteiger partial charge in [0.1, 0.15) is 36.3 Å². The van der Waals surface area contributed by atoms with Gasteiger partial charge in [0.05, 0.1) is 48.0 Å². The Hall–Kier alpha value is -10.7. The lowest BCUT2D eigenvalue weighted by Crippen LogP contribution is -2.72. The lowest BCUT2D eigenvalue weighted by Gasteiger charge is -2.53. The van der Waals surface area contributed by atoms with Crippen molar-refractivity contribution in [3.05, 3.63) is 461 Å². The van der Waals surface area contributed by atoms with Gasteiger partial charge in [0, 0.05) is 18.6 Å². The summed E-state index contributed by atoms with van der Waals surface area (Å²) >= 11 is 0. The summed E-state index contributed by atoms with van der Waals surface area (Å²) < 4.78 is 29.2. The van der Waals surface area contributed by atoms with Crippen LogP contribution in [0.15, 0.2) is 388 Å². The third-order valence-electron chi connectivity index (χ3n) is 21.8. The molecule has 536 valence electrons. The second-order valence-electron chi connectivity index (χ2n) is 27.9.